The van der Waals surface area contributed by atoms with Gasteiger partial charge in [-0.1, -0.05) is 18.9 Å². The van der Waals surface area contributed by atoms with E-state index in [0.29, 0.717) is 19.4 Å². The van der Waals surface area contributed by atoms with Gasteiger partial charge in [-0.3, -0.25) is 14.6 Å². The third-order valence-electron chi connectivity index (χ3n) is 3.92. The number of amides is 1. The fraction of sp³-hybridized carbons (Fsp3) is 0.533. The smallest absolute Gasteiger partial charge is 0.307 e. The molecule has 2 rings (SSSR count). The van der Waals surface area contributed by atoms with E-state index >= 15 is 0 Å². The molecule has 2 atom stereocenters. The zero-order valence-electron chi connectivity index (χ0n) is 11.7. The van der Waals surface area contributed by atoms with Crippen molar-refractivity contribution in [1.82, 2.24) is 9.88 Å². The van der Waals surface area contributed by atoms with Crippen molar-refractivity contribution in [1.29, 1.82) is 0 Å². The van der Waals surface area contributed by atoms with Crippen LogP contribution in [0.15, 0.2) is 24.5 Å². The first-order valence-electron chi connectivity index (χ1n) is 6.96. The van der Waals surface area contributed by atoms with Crippen molar-refractivity contribution in [3.05, 3.63) is 30.1 Å². The summed E-state index contributed by atoms with van der Waals surface area (Å²) in [6.45, 7) is 0.468. The second-order valence-corrected chi connectivity index (χ2v) is 5.39. The maximum atomic E-state index is 12.5. The number of nitrogens with zero attached hydrogens (tertiary/aromatic N) is 2. The molecule has 20 heavy (non-hydrogen) atoms. The molecule has 0 unspecified atom stereocenters. The highest BCUT2D eigenvalue weighted by Crippen LogP contribution is 2.31. The normalized spacial score (nSPS) is 22.2. The van der Waals surface area contributed by atoms with Crippen LogP contribution in [0.4, 0.5) is 0 Å². The number of rotatable bonds is 4. The summed E-state index contributed by atoms with van der Waals surface area (Å²) in [5.74, 6) is -1.84. The van der Waals surface area contributed by atoms with E-state index in [1.165, 1.54) is 0 Å². The number of carbonyl (C=O) groups excluding carboxylic acids is 1. The fourth-order valence-corrected chi connectivity index (χ4v) is 2.85. The molecule has 0 bridgehead atoms. The van der Waals surface area contributed by atoms with Crippen molar-refractivity contribution in [2.75, 3.05) is 7.05 Å². The summed E-state index contributed by atoms with van der Waals surface area (Å²) in [6.07, 6.45) is 6.51. The second kappa shape index (κ2) is 6.50. The van der Waals surface area contributed by atoms with Crippen molar-refractivity contribution in [2.45, 2.75) is 32.2 Å². The van der Waals surface area contributed by atoms with Crippen LogP contribution in [0.2, 0.25) is 0 Å². The fourth-order valence-electron chi connectivity index (χ4n) is 2.85. The highest BCUT2D eigenvalue weighted by molar-refractivity contribution is 5.84. The van der Waals surface area contributed by atoms with E-state index in [1.807, 2.05) is 12.1 Å². The minimum absolute atomic E-state index is 0.0686. The Kier molecular flexibility index (Phi) is 4.71. The Labute approximate surface area is 118 Å². The first kappa shape index (κ1) is 14.5. The minimum atomic E-state index is -0.849. The summed E-state index contributed by atoms with van der Waals surface area (Å²) < 4.78 is 0. The van der Waals surface area contributed by atoms with E-state index in [0.717, 1.165) is 18.4 Å². The molecule has 1 saturated carbocycles. The molecular formula is C15H20N2O3. The van der Waals surface area contributed by atoms with E-state index in [2.05, 4.69) is 4.98 Å². The lowest BCUT2D eigenvalue weighted by molar-refractivity contribution is -0.152. The van der Waals surface area contributed by atoms with Gasteiger partial charge in [0.2, 0.25) is 5.91 Å². The van der Waals surface area contributed by atoms with Gasteiger partial charge in [0.25, 0.3) is 0 Å². The highest BCUT2D eigenvalue weighted by atomic mass is 16.4. The largest absolute Gasteiger partial charge is 0.481 e. The molecule has 0 radical (unpaired) electrons. The zero-order chi connectivity index (χ0) is 14.5. The van der Waals surface area contributed by atoms with Crippen LogP contribution in [0.5, 0.6) is 0 Å². The van der Waals surface area contributed by atoms with Gasteiger partial charge in [-0.25, -0.2) is 0 Å². The van der Waals surface area contributed by atoms with E-state index < -0.39 is 11.9 Å². The molecule has 5 heteroatoms. The number of hydrogen-bond donors (Lipinski definition) is 1. The molecule has 1 N–H and O–H groups in total. The number of carbonyl (C=O) groups is 2. The molecule has 1 fully saturated rings. The molecule has 1 heterocycles. The van der Waals surface area contributed by atoms with Gasteiger partial charge in [-0.15, -0.1) is 0 Å². The average molecular weight is 276 g/mol. The molecule has 1 aliphatic rings. The Morgan fingerprint density at radius 2 is 2.05 bits per heavy atom. The lowest BCUT2D eigenvalue weighted by atomic mass is 9.78. The topological polar surface area (TPSA) is 70.5 Å². The van der Waals surface area contributed by atoms with Gasteiger partial charge in [0.1, 0.15) is 0 Å². The van der Waals surface area contributed by atoms with E-state index in [4.69, 9.17) is 0 Å². The van der Waals surface area contributed by atoms with Crippen LogP contribution in [-0.2, 0) is 16.1 Å². The predicted molar refractivity (Wildman–Crippen MR) is 73.8 cm³/mol. The minimum Gasteiger partial charge on any atom is -0.481 e. The van der Waals surface area contributed by atoms with Crippen molar-refractivity contribution >= 4 is 11.9 Å². The van der Waals surface area contributed by atoms with Crippen LogP contribution in [-0.4, -0.2) is 33.9 Å². The van der Waals surface area contributed by atoms with Crippen LogP contribution < -0.4 is 0 Å². The lowest BCUT2D eigenvalue weighted by Crippen LogP contribution is -2.40. The number of carboxylic acids is 1. The number of aliphatic carboxylic acids is 1. The third kappa shape index (κ3) is 3.35. The van der Waals surface area contributed by atoms with Gasteiger partial charge in [0.15, 0.2) is 0 Å². The molecule has 108 valence electrons. The summed E-state index contributed by atoms with van der Waals surface area (Å²) in [5.41, 5.74) is 0.950. The molecule has 0 aliphatic heterocycles. The Morgan fingerprint density at radius 3 is 2.65 bits per heavy atom. The Balaban J connectivity index is 2.03. The van der Waals surface area contributed by atoms with Crippen LogP contribution in [0.25, 0.3) is 0 Å². The number of hydrogen-bond acceptors (Lipinski definition) is 3. The summed E-state index contributed by atoms with van der Waals surface area (Å²) in [7, 11) is 1.73. The Hall–Kier alpha value is -1.91. The van der Waals surface area contributed by atoms with Gasteiger partial charge in [-0.2, -0.15) is 0 Å². The number of aromatic nitrogens is 1. The number of pyridine rings is 1. The van der Waals surface area contributed by atoms with Crippen LogP contribution in [0, 0.1) is 11.8 Å². The standard InChI is InChI=1S/C15H20N2O3/c1-17(10-11-5-4-8-16-9-11)14(18)12-6-2-3-7-13(12)15(19)20/h4-5,8-9,12-13H,2-3,6-7,10H2,1H3,(H,19,20)/t12-,13+/m1/s1. The quantitative estimate of drug-likeness (QED) is 0.912. The van der Waals surface area contributed by atoms with Crippen molar-refractivity contribution in [3.63, 3.8) is 0 Å². The third-order valence-corrected chi connectivity index (χ3v) is 3.92. The monoisotopic (exact) mass is 276 g/mol. The van der Waals surface area contributed by atoms with E-state index in [1.54, 1.807) is 24.3 Å². The average Bonchev–Trinajstić information content (AvgIpc) is 2.47. The molecule has 1 aromatic rings. The summed E-state index contributed by atoms with van der Waals surface area (Å²) in [6, 6.07) is 3.74. The zero-order valence-corrected chi connectivity index (χ0v) is 11.7. The molecule has 0 saturated heterocycles. The maximum Gasteiger partial charge on any atom is 0.307 e. The van der Waals surface area contributed by atoms with Gasteiger partial charge in [-0.05, 0) is 24.5 Å². The predicted octanol–water partition coefficient (Wildman–Crippen LogP) is 1.93. The van der Waals surface area contributed by atoms with Gasteiger partial charge < -0.3 is 10.0 Å². The summed E-state index contributed by atoms with van der Waals surface area (Å²) >= 11 is 0. The van der Waals surface area contributed by atoms with Crippen LogP contribution >= 0.6 is 0 Å². The molecule has 0 spiro atoms. The highest BCUT2D eigenvalue weighted by Gasteiger charge is 2.36. The van der Waals surface area contributed by atoms with Gasteiger partial charge in [0.05, 0.1) is 11.8 Å². The molecule has 5 nitrogen and oxygen atoms in total. The number of carboxylic acid groups (broad SMARTS) is 1. The first-order valence-corrected chi connectivity index (χ1v) is 6.96. The van der Waals surface area contributed by atoms with E-state index in [9.17, 15) is 14.7 Å². The van der Waals surface area contributed by atoms with Crippen molar-refractivity contribution in [2.24, 2.45) is 11.8 Å². The van der Waals surface area contributed by atoms with Crippen molar-refractivity contribution in [3.8, 4) is 0 Å². The maximum absolute atomic E-state index is 12.5. The second-order valence-electron chi connectivity index (χ2n) is 5.39. The van der Waals surface area contributed by atoms with E-state index in [-0.39, 0.29) is 11.8 Å². The lowest BCUT2D eigenvalue weighted by Gasteiger charge is -2.31. The first-order chi connectivity index (χ1) is 9.59. The SMILES string of the molecule is CN(Cc1cccnc1)C(=O)[C@@H]1CCCC[C@@H]1C(=O)O. The van der Waals surface area contributed by atoms with Crippen molar-refractivity contribution < 1.29 is 14.7 Å². The van der Waals surface area contributed by atoms with Gasteiger partial charge in [0, 0.05) is 26.0 Å². The summed E-state index contributed by atoms with van der Waals surface area (Å²) in [4.78, 5) is 29.4. The molecule has 1 aliphatic carbocycles. The van der Waals surface area contributed by atoms with Gasteiger partial charge >= 0.3 is 5.97 Å². The molecule has 1 amide bonds. The Morgan fingerprint density at radius 1 is 1.35 bits per heavy atom. The Bertz CT molecular complexity index is 475. The molecule has 0 aromatic carbocycles. The molecule has 1 aromatic heterocycles. The van der Waals surface area contributed by atoms with Crippen LogP contribution in [0.1, 0.15) is 31.2 Å². The molecular weight excluding hydrogens is 256 g/mol. The summed E-state index contributed by atoms with van der Waals surface area (Å²) in [5, 5.41) is 9.25. The van der Waals surface area contributed by atoms with Crippen LogP contribution in [0.3, 0.4) is 0 Å².